The van der Waals surface area contributed by atoms with Gasteiger partial charge in [-0.1, -0.05) is 141 Å². The minimum atomic E-state index is -4.04. The van der Waals surface area contributed by atoms with Crippen molar-refractivity contribution in [2.75, 3.05) is 25.6 Å². The summed E-state index contributed by atoms with van der Waals surface area (Å²) in [6.45, 7) is 5.31. The molecule has 11 nitrogen and oxygen atoms in total. The second-order valence-electron chi connectivity index (χ2n) is 14.5. The van der Waals surface area contributed by atoms with Crippen LogP contribution >= 0.6 is 19.1 Å². The molecule has 0 amide bonds. The molecular weight excluding hydrogens is 774 g/mol. The zero-order valence-electron chi connectivity index (χ0n) is 32.6. The van der Waals surface area contributed by atoms with Gasteiger partial charge in [0.15, 0.2) is 11.8 Å². The quantitative estimate of drug-likeness (QED) is 0.0135. The molecule has 1 aromatic heterocycles. The molecule has 6 rings (SSSR count). The molecule has 0 bridgehead atoms. The minimum Gasteiger partial charge on any atom is -0.360 e. The molecular formula is C45H48N3O8PS. The summed E-state index contributed by atoms with van der Waals surface area (Å²) >= 11 is 0.544. The third-order valence-corrected chi connectivity index (χ3v) is 12.6. The summed E-state index contributed by atoms with van der Waals surface area (Å²) < 4.78 is 40.4. The first-order chi connectivity index (χ1) is 27.9. The summed E-state index contributed by atoms with van der Waals surface area (Å²) in [6.07, 6.45) is 9.45. The fourth-order valence-electron chi connectivity index (χ4n) is 6.40. The number of aliphatic hydroxyl groups is 1. The molecule has 0 radical (unpaired) electrons. The van der Waals surface area contributed by atoms with Crippen molar-refractivity contribution in [3.63, 3.8) is 0 Å². The summed E-state index contributed by atoms with van der Waals surface area (Å²) in [5.74, 6) is 2.83. The Morgan fingerprint density at radius 2 is 1.48 bits per heavy atom. The zero-order chi connectivity index (χ0) is 41.2. The van der Waals surface area contributed by atoms with Gasteiger partial charge in [0.1, 0.15) is 12.2 Å². The maximum Gasteiger partial charge on any atom is 0.405 e. The van der Waals surface area contributed by atoms with Gasteiger partial charge in [0.2, 0.25) is 0 Å². The van der Waals surface area contributed by atoms with Gasteiger partial charge in [0, 0.05) is 29.5 Å². The first-order valence-corrected chi connectivity index (χ1v) is 21.4. The molecule has 0 spiro atoms. The van der Waals surface area contributed by atoms with Crippen LogP contribution in [0.5, 0.6) is 0 Å². The Morgan fingerprint density at radius 1 is 0.931 bits per heavy atom. The Kier molecular flexibility index (Phi) is 13.8. The number of benzene rings is 4. The fourth-order valence-corrected chi connectivity index (χ4v) is 8.76. The van der Waals surface area contributed by atoms with Crippen LogP contribution in [0.4, 0.5) is 0 Å². The lowest BCUT2D eigenvalue weighted by molar-refractivity contribution is -0.0479. The molecule has 1 aliphatic heterocycles. The minimum absolute atomic E-state index is 0.0436. The normalized spacial score (nSPS) is 18.3. The predicted molar refractivity (Wildman–Crippen MR) is 230 cm³/mol. The largest absolute Gasteiger partial charge is 0.405 e. The Balaban J connectivity index is 1.15. The number of aryl methyl sites for hydroxylation is 1. The molecule has 13 heteroatoms. The third kappa shape index (κ3) is 10.0. The number of aliphatic hydroxyl groups excluding tert-OH is 1. The van der Waals surface area contributed by atoms with E-state index in [0.29, 0.717) is 16.9 Å². The van der Waals surface area contributed by atoms with Crippen molar-refractivity contribution in [2.45, 2.75) is 44.7 Å². The summed E-state index contributed by atoms with van der Waals surface area (Å²) in [6, 6.07) is 39.5. The maximum absolute atomic E-state index is 14.3. The van der Waals surface area contributed by atoms with Crippen LogP contribution < -0.4 is 16.3 Å². The standard InChI is InChI=1S/C45H48N3O8PS/c1-5-44(27-26-39(56-44)48-31-34(2)40(49)47-42(48)51)33-55-57(52,46-30-35-18-10-6-11-19-35)54-28-29-58-41(50)43(3,4)32-53-45(36-20-12-7-13-21-36,37-22-14-8-15-23-37)38-24-16-9-17-25-38/h1,6-27,31,39,50,58H,28-30,32-33H2,2-4H3,(H,46,52)(H,47,49,51)/t39-,44+,57?/m1/s1. The Hall–Kier alpha value is -4.93. The van der Waals surface area contributed by atoms with Crippen molar-refractivity contribution in [1.82, 2.24) is 14.6 Å². The van der Waals surface area contributed by atoms with E-state index in [1.54, 1.807) is 19.1 Å². The highest BCUT2D eigenvalue weighted by Gasteiger charge is 2.41. The summed E-state index contributed by atoms with van der Waals surface area (Å²) in [5, 5.41) is 14.6. The topological polar surface area (TPSA) is 141 Å². The molecule has 0 saturated heterocycles. The van der Waals surface area contributed by atoms with E-state index in [4.69, 9.17) is 24.9 Å². The van der Waals surface area contributed by atoms with Crippen molar-refractivity contribution in [3.8, 4) is 12.3 Å². The first kappa shape index (κ1) is 42.7. The molecule has 1 unspecified atom stereocenters. The Labute approximate surface area is 342 Å². The van der Waals surface area contributed by atoms with E-state index >= 15 is 0 Å². The molecule has 2 heterocycles. The van der Waals surface area contributed by atoms with Gasteiger partial charge >= 0.3 is 13.4 Å². The van der Waals surface area contributed by atoms with E-state index in [1.807, 2.05) is 135 Å². The molecule has 0 fully saturated rings. The van der Waals surface area contributed by atoms with Gasteiger partial charge in [0.25, 0.3) is 5.56 Å². The van der Waals surface area contributed by atoms with Gasteiger partial charge in [-0.25, -0.2) is 14.4 Å². The first-order valence-electron chi connectivity index (χ1n) is 18.8. The number of nitrogens with one attached hydrogen (secondary N) is 2. The lowest BCUT2D eigenvalue weighted by atomic mass is 9.79. The van der Waals surface area contributed by atoms with E-state index in [9.17, 15) is 19.3 Å². The number of rotatable bonds is 18. The zero-order valence-corrected chi connectivity index (χ0v) is 34.4. The number of nitrogens with zero attached hydrogens (tertiary/aromatic N) is 1. The lowest BCUT2D eigenvalue weighted by Crippen LogP contribution is -2.38. The summed E-state index contributed by atoms with van der Waals surface area (Å²) in [5.41, 5.74) is -0.420. The van der Waals surface area contributed by atoms with E-state index < -0.39 is 41.8 Å². The van der Waals surface area contributed by atoms with Crippen molar-refractivity contribution >= 4 is 24.1 Å². The highest BCUT2D eigenvalue weighted by Crippen LogP contribution is 2.46. The average molecular weight is 822 g/mol. The summed E-state index contributed by atoms with van der Waals surface area (Å²) in [7, 11) is -4.04. The third-order valence-electron chi connectivity index (χ3n) is 9.70. The predicted octanol–water partition coefficient (Wildman–Crippen LogP) is 7.42. The second kappa shape index (κ2) is 18.8. The van der Waals surface area contributed by atoms with Crippen LogP contribution in [0.25, 0.3) is 0 Å². The second-order valence-corrected chi connectivity index (χ2v) is 17.5. The van der Waals surface area contributed by atoms with Crippen molar-refractivity contribution in [1.29, 1.82) is 0 Å². The van der Waals surface area contributed by atoms with E-state index in [-0.39, 0.29) is 37.2 Å². The smallest absolute Gasteiger partial charge is 0.360 e. The highest BCUT2D eigenvalue weighted by molar-refractivity contribution is 7.98. The van der Waals surface area contributed by atoms with Crippen LogP contribution in [-0.2, 0) is 35.2 Å². The fraction of sp³-hybridized carbons (Fsp3) is 0.267. The monoisotopic (exact) mass is 821 g/mol. The number of aromatic nitrogens is 2. The van der Waals surface area contributed by atoms with E-state index in [1.165, 1.54) is 10.8 Å². The van der Waals surface area contributed by atoms with Gasteiger partial charge < -0.3 is 14.6 Å². The summed E-state index contributed by atoms with van der Waals surface area (Å²) in [4.78, 5) is 26.7. The van der Waals surface area contributed by atoms with Crippen molar-refractivity contribution < 1.29 is 28.2 Å². The number of hydrogen-bond acceptors (Lipinski definition) is 7. The molecule has 5 aromatic rings. The maximum atomic E-state index is 14.3. The van der Waals surface area contributed by atoms with E-state index in [0.717, 1.165) is 22.3 Å². The number of H-pyrrole nitrogens is 1. The van der Waals surface area contributed by atoms with Gasteiger partial charge in [-0.3, -0.25) is 23.4 Å². The van der Waals surface area contributed by atoms with E-state index in [2.05, 4.69) is 16.0 Å². The number of hydrogen-bond donors (Lipinski definition) is 4. The van der Waals surface area contributed by atoms with Gasteiger partial charge in [-0.15, -0.1) is 6.42 Å². The molecule has 1 aliphatic rings. The van der Waals surface area contributed by atoms with Crippen molar-refractivity contribution in [2.24, 2.45) is 5.41 Å². The number of terminal acetylenes is 1. The van der Waals surface area contributed by atoms with Crippen LogP contribution in [0, 0.1) is 24.7 Å². The SMILES string of the molecule is C#C[C@@]1(COP(=O)(NCc2ccccc2)OCC[SH]=C(O)C(C)(C)COC(c2ccccc2)(c2ccccc2)c2ccccc2)C=C[C@H](n2cc(C)c(=O)[nH]c2=O)O1. The van der Waals surface area contributed by atoms with Gasteiger partial charge in [0.05, 0.1) is 18.3 Å². The van der Waals surface area contributed by atoms with Crippen LogP contribution in [0.1, 0.15) is 47.9 Å². The van der Waals surface area contributed by atoms with Crippen LogP contribution in [0.2, 0.25) is 0 Å². The number of aromatic amines is 1. The lowest BCUT2D eigenvalue weighted by Gasteiger charge is -2.38. The number of ether oxygens (including phenoxy) is 2. The molecule has 3 atom stereocenters. The molecule has 4 aromatic carbocycles. The molecule has 302 valence electrons. The van der Waals surface area contributed by atoms with Gasteiger partial charge in [-0.2, -0.15) is 11.4 Å². The molecule has 58 heavy (non-hydrogen) atoms. The van der Waals surface area contributed by atoms with Crippen LogP contribution in [0.3, 0.4) is 0 Å². The van der Waals surface area contributed by atoms with Crippen molar-refractivity contribution in [3.05, 3.63) is 188 Å². The molecule has 3 N–H and O–H groups in total. The molecule has 0 saturated carbocycles. The average Bonchev–Trinajstić information content (AvgIpc) is 3.69. The number of thiol groups is 1. The van der Waals surface area contributed by atoms with Gasteiger partial charge in [-0.05, 0) is 41.3 Å². The van der Waals surface area contributed by atoms with Crippen LogP contribution in [0.15, 0.2) is 149 Å². The Morgan fingerprint density at radius 3 is 2.03 bits per heavy atom. The Bertz CT molecular complexity index is 2320. The molecule has 0 aliphatic carbocycles. The van der Waals surface area contributed by atoms with Crippen LogP contribution in [-0.4, -0.2) is 50.9 Å². The highest BCUT2D eigenvalue weighted by atomic mass is 32.1.